The second-order valence-corrected chi connectivity index (χ2v) is 7.20. The molecule has 3 rings (SSSR count). The number of piperidine rings is 1. The van der Waals surface area contributed by atoms with Crippen molar-refractivity contribution in [2.24, 2.45) is 5.92 Å². The molecule has 148 valence electrons. The molecular formula is C22H26FN3O2. The largest absolute Gasteiger partial charge is 0.298 e. The van der Waals surface area contributed by atoms with Gasteiger partial charge in [-0.05, 0) is 61.2 Å². The first-order chi connectivity index (χ1) is 13.5. The van der Waals surface area contributed by atoms with Crippen molar-refractivity contribution in [3.63, 3.8) is 0 Å². The molecule has 6 heteroatoms. The van der Waals surface area contributed by atoms with E-state index >= 15 is 0 Å². The Morgan fingerprint density at radius 1 is 1.11 bits per heavy atom. The van der Waals surface area contributed by atoms with Gasteiger partial charge < -0.3 is 0 Å². The summed E-state index contributed by atoms with van der Waals surface area (Å²) in [6, 6.07) is 13.8. The highest BCUT2D eigenvalue weighted by molar-refractivity contribution is 5.95. The second-order valence-electron chi connectivity index (χ2n) is 7.20. The van der Waals surface area contributed by atoms with E-state index in [1.165, 1.54) is 12.1 Å². The smallest absolute Gasteiger partial charge is 0.269 e. The summed E-state index contributed by atoms with van der Waals surface area (Å²) in [5.41, 5.74) is 7.60. The van der Waals surface area contributed by atoms with Crippen LogP contribution in [0.15, 0.2) is 48.5 Å². The fraction of sp³-hybridized carbons (Fsp3) is 0.364. The summed E-state index contributed by atoms with van der Waals surface area (Å²) in [6.45, 7) is 4.12. The van der Waals surface area contributed by atoms with E-state index in [0.29, 0.717) is 18.7 Å². The van der Waals surface area contributed by atoms with E-state index in [1.807, 2.05) is 18.2 Å². The standard InChI is InChI=1S/C22H26FN3O2/c1-2-16-8-10-18(11-9-16)21(27)24-25-22(28)19-6-4-12-26(15-19)14-17-5-3-7-20(23)13-17/h3,5,7-11,13,19H,2,4,6,12,14-15H2,1H3,(H,24,27)(H,25,28). The van der Waals surface area contributed by atoms with Crippen LogP contribution in [0.1, 0.15) is 41.3 Å². The van der Waals surface area contributed by atoms with Crippen molar-refractivity contribution in [1.82, 2.24) is 15.8 Å². The van der Waals surface area contributed by atoms with Crippen molar-refractivity contribution in [3.05, 3.63) is 71.0 Å². The van der Waals surface area contributed by atoms with Gasteiger partial charge in [0, 0.05) is 18.7 Å². The number of benzene rings is 2. The first kappa shape index (κ1) is 20.0. The molecule has 1 atom stereocenters. The Labute approximate surface area is 164 Å². The molecule has 1 aliphatic heterocycles. The second kappa shape index (κ2) is 9.46. The van der Waals surface area contributed by atoms with E-state index < -0.39 is 0 Å². The van der Waals surface area contributed by atoms with Crippen molar-refractivity contribution in [2.45, 2.75) is 32.7 Å². The van der Waals surface area contributed by atoms with Crippen LogP contribution >= 0.6 is 0 Å². The summed E-state index contributed by atoms with van der Waals surface area (Å²) in [5, 5.41) is 0. The topological polar surface area (TPSA) is 61.4 Å². The van der Waals surface area contributed by atoms with E-state index in [0.717, 1.165) is 36.9 Å². The minimum atomic E-state index is -0.330. The molecule has 2 amide bonds. The number of aryl methyl sites for hydroxylation is 1. The molecule has 2 N–H and O–H groups in total. The number of likely N-dealkylation sites (tertiary alicyclic amines) is 1. The maximum Gasteiger partial charge on any atom is 0.269 e. The average Bonchev–Trinajstić information content (AvgIpc) is 2.72. The van der Waals surface area contributed by atoms with Gasteiger partial charge in [-0.1, -0.05) is 31.2 Å². The molecule has 1 aliphatic rings. The van der Waals surface area contributed by atoms with Gasteiger partial charge >= 0.3 is 0 Å². The lowest BCUT2D eigenvalue weighted by atomic mass is 9.97. The van der Waals surface area contributed by atoms with Crippen LogP contribution in [0, 0.1) is 11.7 Å². The zero-order valence-electron chi connectivity index (χ0n) is 16.1. The molecule has 1 heterocycles. The number of hydrogen-bond donors (Lipinski definition) is 2. The molecule has 2 aromatic carbocycles. The van der Waals surface area contributed by atoms with Gasteiger partial charge in [0.2, 0.25) is 5.91 Å². The predicted octanol–water partition coefficient (Wildman–Crippen LogP) is 3.06. The molecule has 28 heavy (non-hydrogen) atoms. The van der Waals surface area contributed by atoms with Crippen LogP contribution in [0.3, 0.4) is 0 Å². The lowest BCUT2D eigenvalue weighted by Gasteiger charge is -2.32. The Morgan fingerprint density at radius 2 is 1.89 bits per heavy atom. The number of carbonyl (C=O) groups excluding carboxylic acids is 2. The summed E-state index contributed by atoms with van der Waals surface area (Å²) in [4.78, 5) is 26.8. The average molecular weight is 383 g/mol. The highest BCUT2D eigenvalue weighted by Crippen LogP contribution is 2.19. The van der Waals surface area contributed by atoms with E-state index in [1.54, 1.807) is 18.2 Å². The molecule has 5 nitrogen and oxygen atoms in total. The molecule has 0 aromatic heterocycles. The maximum atomic E-state index is 13.4. The number of rotatable bonds is 5. The lowest BCUT2D eigenvalue weighted by molar-refractivity contribution is -0.127. The quantitative estimate of drug-likeness (QED) is 0.780. The summed E-state index contributed by atoms with van der Waals surface area (Å²) in [5.74, 6) is -0.977. The maximum absolute atomic E-state index is 13.4. The number of hydrazine groups is 1. The first-order valence-electron chi connectivity index (χ1n) is 9.71. The number of amides is 2. The van der Waals surface area contributed by atoms with Gasteiger partial charge in [0.25, 0.3) is 5.91 Å². The van der Waals surface area contributed by atoms with Crippen LogP contribution in [0.4, 0.5) is 4.39 Å². The Hall–Kier alpha value is -2.73. The Bertz CT molecular complexity index is 823. The number of halogens is 1. The Kier molecular flexibility index (Phi) is 6.76. The van der Waals surface area contributed by atoms with E-state index in [9.17, 15) is 14.0 Å². The minimum absolute atomic E-state index is 0.192. The number of carbonyl (C=O) groups is 2. The summed E-state index contributed by atoms with van der Waals surface area (Å²) in [6.07, 6.45) is 2.57. The zero-order chi connectivity index (χ0) is 19.9. The lowest BCUT2D eigenvalue weighted by Crippen LogP contribution is -2.48. The van der Waals surface area contributed by atoms with E-state index in [2.05, 4.69) is 22.7 Å². The number of hydrogen-bond acceptors (Lipinski definition) is 3. The van der Waals surface area contributed by atoms with Crippen molar-refractivity contribution < 1.29 is 14.0 Å². The van der Waals surface area contributed by atoms with E-state index in [4.69, 9.17) is 0 Å². The van der Waals surface area contributed by atoms with E-state index in [-0.39, 0.29) is 23.5 Å². The number of nitrogens with zero attached hydrogens (tertiary/aromatic N) is 1. The monoisotopic (exact) mass is 383 g/mol. The van der Waals surface area contributed by atoms with Crippen LogP contribution in [0.2, 0.25) is 0 Å². The van der Waals surface area contributed by atoms with Crippen molar-refractivity contribution >= 4 is 11.8 Å². The molecular weight excluding hydrogens is 357 g/mol. The van der Waals surface area contributed by atoms with Gasteiger partial charge in [0.05, 0.1) is 5.92 Å². The van der Waals surface area contributed by atoms with Crippen molar-refractivity contribution in [1.29, 1.82) is 0 Å². The third-order valence-corrected chi connectivity index (χ3v) is 5.10. The summed E-state index contributed by atoms with van der Waals surface area (Å²) in [7, 11) is 0. The van der Waals surface area contributed by atoms with Gasteiger partial charge in [-0.25, -0.2) is 4.39 Å². The Morgan fingerprint density at radius 3 is 2.61 bits per heavy atom. The van der Waals surface area contributed by atoms with Crippen molar-refractivity contribution in [2.75, 3.05) is 13.1 Å². The molecule has 0 bridgehead atoms. The molecule has 0 aliphatic carbocycles. The van der Waals surface area contributed by atoms with Crippen LogP contribution in [0.5, 0.6) is 0 Å². The summed E-state index contributed by atoms with van der Waals surface area (Å²) >= 11 is 0. The van der Waals surface area contributed by atoms with Crippen LogP contribution in [-0.4, -0.2) is 29.8 Å². The fourth-order valence-corrected chi connectivity index (χ4v) is 3.49. The fourth-order valence-electron chi connectivity index (χ4n) is 3.49. The highest BCUT2D eigenvalue weighted by atomic mass is 19.1. The van der Waals surface area contributed by atoms with Gasteiger partial charge in [0.1, 0.15) is 5.82 Å². The Balaban J connectivity index is 1.50. The number of nitrogens with one attached hydrogen (secondary N) is 2. The first-order valence-corrected chi connectivity index (χ1v) is 9.71. The molecule has 0 radical (unpaired) electrons. The van der Waals surface area contributed by atoms with Crippen LogP contribution in [-0.2, 0) is 17.8 Å². The molecule has 0 saturated carbocycles. The van der Waals surface area contributed by atoms with Crippen LogP contribution < -0.4 is 10.9 Å². The highest BCUT2D eigenvalue weighted by Gasteiger charge is 2.26. The molecule has 2 aromatic rings. The molecule has 1 fully saturated rings. The molecule has 1 saturated heterocycles. The third-order valence-electron chi connectivity index (χ3n) is 5.10. The van der Waals surface area contributed by atoms with Crippen molar-refractivity contribution in [3.8, 4) is 0 Å². The summed E-state index contributed by atoms with van der Waals surface area (Å²) < 4.78 is 13.4. The normalized spacial score (nSPS) is 17.1. The predicted molar refractivity (Wildman–Crippen MR) is 106 cm³/mol. The molecule has 0 spiro atoms. The minimum Gasteiger partial charge on any atom is -0.298 e. The third kappa shape index (κ3) is 5.39. The van der Waals surface area contributed by atoms with Gasteiger partial charge in [-0.3, -0.25) is 25.3 Å². The van der Waals surface area contributed by atoms with Crippen LogP contribution in [0.25, 0.3) is 0 Å². The molecule has 1 unspecified atom stereocenters. The van der Waals surface area contributed by atoms with Gasteiger partial charge in [-0.15, -0.1) is 0 Å². The SMILES string of the molecule is CCc1ccc(C(=O)NNC(=O)C2CCCN(Cc3cccc(F)c3)C2)cc1. The van der Waals surface area contributed by atoms with Gasteiger partial charge in [-0.2, -0.15) is 0 Å². The zero-order valence-corrected chi connectivity index (χ0v) is 16.1. The van der Waals surface area contributed by atoms with Gasteiger partial charge in [0.15, 0.2) is 0 Å².